The summed E-state index contributed by atoms with van der Waals surface area (Å²) in [6.07, 6.45) is 0.811. The SMILES string of the molecule is Cc1nnc(NCCC2(C)OCCO2)s1. The number of hydrogen-bond acceptors (Lipinski definition) is 6. The fourth-order valence-electron chi connectivity index (χ4n) is 1.47. The van der Waals surface area contributed by atoms with Crippen molar-refractivity contribution in [1.82, 2.24) is 10.2 Å². The van der Waals surface area contributed by atoms with Crippen LogP contribution in [0, 0.1) is 6.92 Å². The lowest BCUT2D eigenvalue weighted by molar-refractivity contribution is -0.144. The molecule has 0 atom stereocenters. The fourth-order valence-corrected chi connectivity index (χ4v) is 2.08. The predicted molar refractivity (Wildman–Crippen MR) is 58.1 cm³/mol. The number of hydrogen-bond donors (Lipinski definition) is 1. The lowest BCUT2D eigenvalue weighted by atomic mass is 10.2. The zero-order valence-electron chi connectivity index (χ0n) is 8.95. The summed E-state index contributed by atoms with van der Waals surface area (Å²) in [5.74, 6) is -0.424. The number of ether oxygens (including phenoxy) is 2. The first kappa shape index (κ1) is 10.8. The first-order valence-corrected chi connectivity index (χ1v) is 5.81. The minimum Gasteiger partial charge on any atom is -0.360 e. The van der Waals surface area contributed by atoms with E-state index in [2.05, 4.69) is 15.5 Å². The first-order valence-electron chi connectivity index (χ1n) is 5.00. The van der Waals surface area contributed by atoms with Crippen LogP contribution in [0.2, 0.25) is 0 Å². The molecule has 15 heavy (non-hydrogen) atoms. The quantitative estimate of drug-likeness (QED) is 0.846. The summed E-state index contributed by atoms with van der Waals surface area (Å²) < 4.78 is 11.0. The van der Waals surface area contributed by atoms with Crippen molar-refractivity contribution in [3.05, 3.63) is 5.01 Å². The molecule has 6 heteroatoms. The van der Waals surface area contributed by atoms with E-state index in [4.69, 9.17) is 9.47 Å². The van der Waals surface area contributed by atoms with Gasteiger partial charge in [-0.15, -0.1) is 10.2 Å². The molecule has 1 aliphatic heterocycles. The van der Waals surface area contributed by atoms with Gasteiger partial charge in [0.1, 0.15) is 5.01 Å². The van der Waals surface area contributed by atoms with Crippen LogP contribution >= 0.6 is 11.3 Å². The highest BCUT2D eigenvalue weighted by atomic mass is 32.1. The monoisotopic (exact) mass is 229 g/mol. The van der Waals surface area contributed by atoms with Crippen molar-refractivity contribution >= 4 is 16.5 Å². The summed E-state index contributed by atoms with van der Waals surface area (Å²) in [6, 6.07) is 0. The third-order valence-corrected chi connectivity index (χ3v) is 3.08. The van der Waals surface area contributed by atoms with Crippen molar-refractivity contribution in [2.24, 2.45) is 0 Å². The van der Waals surface area contributed by atoms with E-state index < -0.39 is 5.79 Å². The van der Waals surface area contributed by atoms with Gasteiger partial charge in [-0.1, -0.05) is 11.3 Å². The van der Waals surface area contributed by atoms with E-state index in [1.807, 2.05) is 13.8 Å². The largest absolute Gasteiger partial charge is 0.360 e. The third kappa shape index (κ3) is 2.87. The van der Waals surface area contributed by atoms with E-state index in [0.717, 1.165) is 23.1 Å². The second-order valence-electron chi connectivity index (χ2n) is 3.63. The lowest BCUT2D eigenvalue weighted by Crippen LogP contribution is -2.28. The van der Waals surface area contributed by atoms with Crippen molar-refractivity contribution in [1.29, 1.82) is 0 Å². The topological polar surface area (TPSA) is 56.3 Å². The van der Waals surface area contributed by atoms with Crippen molar-refractivity contribution in [3.8, 4) is 0 Å². The molecule has 5 nitrogen and oxygen atoms in total. The third-order valence-electron chi connectivity index (χ3n) is 2.28. The smallest absolute Gasteiger partial charge is 0.205 e. The van der Waals surface area contributed by atoms with Crippen molar-refractivity contribution < 1.29 is 9.47 Å². The molecule has 1 aromatic rings. The minimum atomic E-state index is -0.424. The molecule has 1 N–H and O–H groups in total. The van der Waals surface area contributed by atoms with E-state index >= 15 is 0 Å². The van der Waals surface area contributed by atoms with Crippen LogP contribution in [0.4, 0.5) is 5.13 Å². The van der Waals surface area contributed by atoms with Gasteiger partial charge in [-0.25, -0.2) is 0 Å². The molecular weight excluding hydrogens is 214 g/mol. The van der Waals surface area contributed by atoms with Crippen molar-refractivity contribution in [2.45, 2.75) is 26.1 Å². The second kappa shape index (κ2) is 4.42. The fraction of sp³-hybridized carbons (Fsp3) is 0.778. The number of nitrogens with zero attached hydrogens (tertiary/aromatic N) is 2. The van der Waals surface area contributed by atoms with E-state index in [9.17, 15) is 0 Å². The van der Waals surface area contributed by atoms with Crippen LogP contribution in [0.5, 0.6) is 0 Å². The Labute approximate surface area is 92.8 Å². The van der Waals surface area contributed by atoms with Gasteiger partial charge >= 0.3 is 0 Å². The maximum absolute atomic E-state index is 5.49. The highest BCUT2D eigenvalue weighted by Crippen LogP contribution is 2.22. The Kier molecular flexibility index (Phi) is 3.18. The molecule has 0 radical (unpaired) electrons. The molecular formula is C9H15N3O2S. The molecule has 0 amide bonds. The van der Waals surface area contributed by atoms with Gasteiger partial charge < -0.3 is 14.8 Å². The molecule has 0 bridgehead atoms. The molecule has 0 spiro atoms. The maximum Gasteiger partial charge on any atom is 0.205 e. The van der Waals surface area contributed by atoms with Crippen molar-refractivity contribution in [2.75, 3.05) is 25.1 Å². The molecule has 0 saturated carbocycles. The predicted octanol–water partition coefficient (Wildman–Crippen LogP) is 1.41. The summed E-state index contributed by atoms with van der Waals surface area (Å²) in [4.78, 5) is 0. The average Bonchev–Trinajstić information content (AvgIpc) is 2.76. The standard InChI is InChI=1S/C9H15N3O2S/c1-7-11-12-8(15-7)10-4-3-9(2)13-5-6-14-9/h3-6H2,1-2H3,(H,10,12). The van der Waals surface area contributed by atoms with Crippen molar-refractivity contribution in [3.63, 3.8) is 0 Å². The van der Waals surface area contributed by atoms with Gasteiger partial charge in [0.15, 0.2) is 5.79 Å². The van der Waals surface area contributed by atoms with Crippen LogP contribution in [-0.4, -0.2) is 35.7 Å². The number of nitrogens with one attached hydrogen (secondary N) is 1. The van der Waals surface area contributed by atoms with Crippen LogP contribution in [-0.2, 0) is 9.47 Å². The number of rotatable bonds is 4. The van der Waals surface area contributed by atoms with Gasteiger partial charge in [0.05, 0.1) is 13.2 Å². The van der Waals surface area contributed by atoms with E-state index in [-0.39, 0.29) is 0 Å². The maximum atomic E-state index is 5.49. The molecule has 2 heterocycles. The number of aryl methyl sites for hydroxylation is 1. The van der Waals surface area contributed by atoms with Gasteiger partial charge in [0.25, 0.3) is 0 Å². The Morgan fingerprint density at radius 3 is 2.73 bits per heavy atom. The first-order chi connectivity index (χ1) is 7.18. The Hall–Kier alpha value is -0.720. The molecule has 2 rings (SSSR count). The Morgan fingerprint density at radius 2 is 2.13 bits per heavy atom. The zero-order valence-corrected chi connectivity index (χ0v) is 9.76. The molecule has 1 aromatic heterocycles. The minimum absolute atomic E-state index is 0.424. The van der Waals surface area contributed by atoms with Crippen LogP contribution < -0.4 is 5.32 Å². The van der Waals surface area contributed by atoms with Gasteiger partial charge in [-0.2, -0.15) is 0 Å². The summed E-state index contributed by atoms with van der Waals surface area (Å²) in [6.45, 7) is 6.06. The Bertz CT molecular complexity index is 323. The molecule has 0 aromatic carbocycles. The van der Waals surface area contributed by atoms with E-state index in [1.165, 1.54) is 0 Å². The van der Waals surface area contributed by atoms with Gasteiger partial charge in [-0.3, -0.25) is 0 Å². The number of aromatic nitrogens is 2. The van der Waals surface area contributed by atoms with Gasteiger partial charge in [0.2, 0.25) is 5.13 Å². The normalized spacial score (nSPS) is 19.3. The van der Waals surface area contributed by atoms with Gasteiger partial charge in [-0.05, 0) is 13.8 Å². The average molecular weight is 229 g/mol. The Morgan fingerprint density at radius 1 is 1.40 bits per heavy atom. The lowest BCUT2D eigenvalue weighted by Gasteiger charge is -2.21. The highest BCUT2D eigenvalue weighted by molar-refractivity contribution is 7.15. The molecule has 0 unspecified atom stereocenters. The molecule has 1 saturated heterocycles. The molecule has 84 valence electrons. The van der Waals surface area contributed by atoms with E-state index in [1.54, 1.807) is 11.3 Å². The molecule has 0 aliphatic carbocycles. The zero-order chi connectivity index (χ0) is 10.7. The second-order valence-corrected chi connectivity index (χ2v) is 4.82. The van der Waals surface area contributed by atoms with Crippen LogP contribution in [0.25, 0.3) is 0 Å². The van der Waals surface area contributed by atoms with Crippen LogP contribution in [0.3, 0.4) is 0 Å². The number of anilines is 1. The summed E-state index contributed by atoms with van der Waals surface area (Å²) in [5.41, 5.74) is 0. The molecule has 1 fully saturated rings. The van der Waals surface area contributed by atoms with Gasteiger partial charge in [0, 0.05) is 13.0 Å². The molecule has 1 aliphatic rings. The Balaban J connectivity index is 1.75. The summed E-state index contributed by atoms with van der Waals surface area (Å²) in [5, 5.41) is 12.9. The van der Waals surface area contributed by atoms with E-state index in [0.29, 0.717) is 13.2 Å². The highest BCUT2D eigenvalue weighted by Gasteiger charge is 2.30. The summed E-state index contributed by atoms with van der Waals surface area (Å²) >= 11 is 1.55. The summed E-state index contributed by atoms with van der Waals surface area (Å²) in [7, 11) is 0. The van der Waals surface area contributed by atoms with Crippen LogP contribution in [0.1, 0.15) is 18.4 Å². The van der Waals surface area contributed by atoms with Crippen LogP contribution in [0.15, 0.2) is 0 Å².